The van der Waals surface area contributed by atoms with Gasteiger partial charge in [-0.1, -0.05) is 11.8 Å². The smallest absolute Gasteiger partial charge is 0.276 e. The molecular formula is C17H23N5OS. The summed E-state index contributed by atoms with van der Waals surface area (Å²) in [4.78, 5) is 3.92. The topological polar surface area (TPSA) is 69.6 Å². The van der Waals surface area contributed by atoms with E-state index < -0.39 is 0 Å². The van der Waals surface area contributed by atoms with Gasteiger partial charge < -0.3 is 4.42 Å². The molecule has 2 aromatic heterocycles. The normalized spacial score (nSPS) is 34.1. The molecule has 0 amide bonds. The Labute approximate surface area is 145 Å². The molecule has 0 aromatic carbocycles. The summed E-state index contributed by atoms with van der Waals surface area (Å²) in [6.07, 6.45) is 13.4. The summed E-state index contributed by atoms with van der Waals surface area (Å²) in [5.41, 5.74) is 0.630. The first-order valence-corrected chi connectivity index (χ1v) is 10.0. The van der Waals surface area contributed by atoms with Gasteiger partial charge in [-0.25, -0.2) is 9.67 Å². The first-order chi connectivity index (χ1) is 11.8. The molecule has 0 aliphatic heterocycles. The van der Waals surface area contributed by atoms with Crippen molar-refractivity contribution in [1.29, 1.82) is 0 Å². The summed E-state index contributed by atoms with van der Waals surface area (Å²) >= 11 is 1.72. The van der Waals surface area contributed by atoms with E-state index in [-0.39, 0.29) is 0 Å². The minimum Gasteiger partial charge on any atom is -0.414 e. The van der Waals surface area contributed by atoms with Gasteiger partial charge in [-0.2, -0.15) is 5.10 Å². The molecule has 0 unspecified atom stereocenters. The number of aromatic nitrogens is 5. The van der Waals surface area contributed by atoms with Crippen molar-refractivity contribution in [3.8, 4) is 0 Å². The molecule has 0 saturated heterocycles. The van der Waals surface area contributed by atoms with Crippen molar-refractivity contribution >= 4 is 11.8 Å². The zero-order chi connectivity index (χ0) is 16.0. The van der Waals surface area contributed by atoms with Crippen molar-refractivity contribution in [1.82, 2.24) is 25.0 Å². The van der Waals surface area contributed by atoms with Gasteiger partial charge in [0.25, 0.3) is 5.22 Å². The Balaban J connectivity index is 1.16. The van der Waals surface area contributed by atoms with Crippen molar-refractivity contribution in [2.45, 2.75) is 56.7 Å². The second kappa shape index (κ2) is 5.86. The Hall–Kier alpha value is -1.37. The molecule has 0 radical (unpaired) electrons. The molecule has 6 rings (SSSR count). The third-order valence-electron chi connectivity index (χ3n) is 6.24. The van der Waals surface area contributed by atoms with E-state index in [0.29, 0.717) is 23.1 Å². The van der Waals surface area contributed by atoms with Gasteiger partial charge in [0, 0.05) is 5.75 Å². The molecule has 7 heteroatoms. The number of hydrogen-bond acceptors (Lipinski definition) is 6. The molecular weight excluding hydrogens is 322 g/mol. The monoisotopic (exact) mass is 345 g/mol. The van der Waals surface area contributed by atoms with Crippen LogP contribution in [0.25, 0.3) is 0 Å². The molecule has 128 valence electrons. The van der Waals surface area contributed by atoms with Crippen LogP contribution in [0, 0.1) is 23.2 Å². The molecule has 4 bridgehead atoms. The highest BCUT2D eigenvalue weighted by atomic mass is 32.2. The average Bonchev–Trinajstić information content (AvgIpc) is 3.18. The van der Waals surface area contributed by atoms with Gasteiger partial charge in [-0.15, -0.1) is 10.2 Å². The van der Waals surface area contributed by atoms with E-state index in [1.807, 2.05) is 0 Å². The number of thioether (sulfide) groups is 1. The first kappa shape index (κ1) is 14.9. The van der Waals surface area contributed by atoms with Gasteiger partial charge in [-0.05, 0) is 68.1 Å². The number of rotatable bonds is 6. The first-order valence-electron chi connectivity index (χ1n) is 9.04. The van der Waals surface area contributed by atoms with Crippen LogP contribution in [0.1, 0.15) is 50.8 Å². The Morgan fingerprint density at radius 3 is 2.54 bits per heavy atom. The van der Waals surface area contributed by atoms with Gasteiger partial charge in [0.1, 0.15) is 19.2 Å². The van der Waals surface area contributed by atoms with Crippen LogP contribution >= 0.6 is 11.8 Å². The van der Waals surface area contributed by atoms with Crippen LogP contribution in [0.15, 0.2) is 22.3 Å². The SMILES string of the molecule is c1ncn(Cc2nnc(SCCC34CC5CC(CC(C5)C3)C4)o2)n1. The Morgan fingerprint density at radius 2 is 1.88 bits per heavy atom. The third-order valence-corrected chi connectivity index (χ3v) is 7.06. The summed E-state index contributed by atoms with van der Waals surface area (Å²) in [6.45, 7) is 0.489. The average molecular weight is 345 g/mol. The zero-order valence-corrected chi connectivity index (χ0v) is 14.6. The molecule has 4 saturated carbocycles. The molecule has 0 N–H and O–H groups in total. The second-order valence-corrected chi connectivity index (χ2v) is 9.12. The van der Waals surface area contributed by atoms with Gasteiger partial charge >= 0.3 is 0 Å². The van der Waals surface area contributed by atoms with Crippen LogP contribution < -0.4 is 0 Å². The number of nitrogens with zero attached hydrogens (tertiary/aromatic N) is 5. The van der Waals surface area contributed by atoms with Crippen LogP contribution in [0.3, 0.4) is 0 Å². The third kappa shape index (κ3) is 2.87. The molecule has 4 fully saturated rings. The largest absolute Gasteiger partial charge is 0.414 e. The predicted octanol–water partition coefficient (Wildman–Crippen LogP) is 3.41. The van der Waals surface area contributed by atoms with Crippen molar-refractivity contribution in [3.63, 3.8) is 0 Å². The van der Waals surface area contributed by atoms with E-state index in [1.165, 1.54) is 51.3 Å². The van der Waals surface area contributed by atoms with Gasteiger partial charge in [0.2, 0.25) is 5.89 Å². The van der Waals surface area contributed by atoms with Crippen molar-refractivity contribution in [2.24, 2.45) is 23.2 Å². The lowest BCUT2D eigenvalue weighted by Gasteiger charge is -2.57. The molecule has 0 spiro atoms. The Morgan fingerprint density at radius 1 is 1.12 bits per heavy atom. The molecule has 2 aromatic rings. The minimum atomic E-state index is 0.489. The fourth-order valence-electron chi connectivity index (χ4n) is 5.76. The van der Waals surface area contributed by atoms with E-state index in [4.69, 9.17) is 4.42 Å². The summed E-state index contributed by atoms with van der Waals surface area (Å²) < 4.78 is 7.42. The van der Waals surface area contributed by atoms with E-state index in [1.54, 1.807) is 22.8 Å². The summed E-state index contributed by atoms with van der Waals surface area (Å²) in [7, 11) is 0. The van der Waals surface area contributed by atoms with Crippen molar-refractivity contribution < 1.29 is 4.42 Å². The van der Waals surface area contributed by atoms with Crippen LogP contribution in [0.4, 0.5) is 0 Å². The van der Waals surface area contributed by atoms with Crippen molar-refractivity contribution in [3.05, 3.63) is 18.5 Å². The van der Waals surface area contributed by atoms with Gasteiger partial charge in [0.15, 0.2) is 0 Å². The fraction of sp³-hybridized carbons (Fsp3) is 0.765. The molecule has 4 aliphatic rings. The lowest BCUT2D eigenvalue weighted by Crippen LogP contribution is -2.46. The van der Waals surface area contributed by atoms with Gasteiger partial charge in [0.05, 0.1) is 0 Å². The maximum absolute atomic E-state index is 5.73. The van der Waals surface area contributed by atoms with Crippen molar-refractivity contribution in [2.75, 3.05) is 5.75 Å². The minimum absolute atomic E-state index is 0.489. The highest BCUT2D eigenvalue weighted by Gasteiger charge is 2.50. The van der Waals surface area contributed by atoms with E-state index >= 15 is 0 Å². The highest BCUT2D eigenvalue weighted by Crippen LogP contribution is 2.61. The Bertz CT molecular complexity index is 662. The lowest BCUT2D eigenvalue weighted by molar-refractivity contribution is -0.0538. The van der Waals surface area contributed by atoms with E-state index in [2.05, 4.69) is 20.3 Å². The zero-order valence-electron chi connectivity index (χ0n) is 13.8. The molecule has 4 aliphatic carbocycles. The molecule has 2 heterocycles. The summed E-state index contributed by atoms with van der Waals surface area (Å²) in [5, 5.41) is 13.0. The molecule has 6 nitrogen and oxygen atoms in total. The van der Waals surface area contributed by atoms with E-state index in [0.717, 1.165) is 23.5 Å². The molecule has 0 atom stereocenters. The summed E-state index contributed by atoms with van der Waals surface area (Å²) in [6, 6.07) is 0. The van der Waals surface area contributed by atoms with Crippen LogP contribution in [-0.2, 0) is 6.54 Å². The summed E-state index contributed by atoms with van der Waals surface area (Å²) in [5.74, 6) is 4.77. The lowest BCUT2D eigenvalue weighted by atomic mass is 9.49. The second-order valence-electron chi connectivity index (χ2n) is 8.07. The highest BCUT2D eigenvalue weighted by molar-refractivity contribution is 7.99. The quantitative estimate of drug-likeness (QED) is 0.747. The fourth-order valence-corrected chi connectivity index (χ4v) is 6.73. The maximum atomic E-state index is 5.73. The van der Waals surface area contributed by atoms with Crippen LogP contribution in [0.5, 0.6) is 0 Å². The predicted molar refractivity (Wildman–Crippen MR) is 89.4 cm³/mol. The van der Waals surface area contributed by atoms with Gasteiger partial charge in [-0.3, -0.25) is 0 Å². The van der Waals surface area contributed by atoms with E-state index in [9.17, 15) is 0 Å². The maximum Gasteiger partial charge on any atom is 0.276 e. The molecule has 24 heavy (non-hydrogen) atoms. The van der Waals surface area contributed by atoms with Crippen LogP contribution in [-0.4, -0.2) is 30.7 Å². The van der Waals surface area contributed by atoms with Crippen LogP contribution in [0.2, 0.25) is 0 Å². The Kier molecular flexibility index (Phi) is 3.65. The number of hydrogen-bond donors (Lipinski definition) is 0. The standard InChI is InChI=1S/C17H23N5OS/c1(17-6-12-3-13(7-17)5-14(4-12)8-17)2-24-16-21-20-15(23-16)9-22-11-18-10-19-22/h10-14H,1-9H2.